The van der Waals surface area contributed by atoms with Crippen molar-refractivity contribution < 1.29 is 14.0 Å². The van der Waals surface area contributed by atoms with Gasteiger partial charge in [0.2, 0.25) is 11.8 Å². The second-order valence-electron chi connectivity index (χ2n) is 6.22. The lowest BCUT2D eigenvalue weighted by atomic mass is 10.1. The minimum atomic E-state index is -0.430. The van der Waals surface area contributed by atoms with Gasteiger partial charge in [-0.1, -0.05) is 15.9 Å². The van der Waals surface area contributed by atoms with Gasteiger partial charge in [0.25, 0.3) is 0 Å². The molecular formula is C19H18BrFN2O2. The molecule has 0 spiro atoms. The van der Waals surface area contributed by atoms with E-state index in [-0.39, 0.29) is 24.1 Å². The molecule has 1 N–H and O–H groups in total. The predicted molar refractivity (Wildman–Crippen MR) is 99.1 cm³/mol. The number of nitrogens with one attached hydrogen (secondary N) is 1. The number of halogens is 2. The molecule has 130 valence electrons. The molecule has 1 aliphatic rings. The quantitative estimate of drug-likeness (QED) is 0.833. The van der Waals surface area contributed by atoms with Crippen molar-refractivity contribution in [2.24, 2.45) is 5.92 Å². The van der Waals surface area contributed by atoms with Gasteiger partial charge in [-0.05, 0) is 61.4 Å². The average molecular weight is 405 g/mol. The van der Waals surface area contributed by atoms with Crippen molar-refractivity contribution in [3.8, 4) is 0 Å². The second kappa shape index (κ2) is 6.96. The summed E-state index contributed by atoms with van der Waals surface area (Å²) in [6.45, 7) is 4.22. The summed E-state index contributed by atoms with van der Waals surface area (Å²) in [6.07, 6.45) is 0.151. The molecule has 1 saturated heterocycles. The Balaban J connectivity index is 1.73. The van der Waals surface area contributed by atoms with Crippen molar-refractivity contribution in [3.63, 3.8) is 0 Å². The Hall–Kier alpha value is -2.21. The van der Waals surface area contributed by atoms with Crippen LogP contribution in [0.25, 0.3) is 0 Å². The van der Waals surface area contributed by atoms with Crippen molar-refractivity contribution in [1.29, 1.82) is 0 Å². The molecule has 0 saturated carbocycles. The third-order valence-electron chi connectivity index (χ3n) is 4.61. The number of anilines is 2. The molecule has 0 aromatic heterocycles. The molecule has 0 radical (unpaired) electrons. The molecule has 25 heavy (non-hydrogen) atoms. The normalized spacial score (nSPS) is 17.0. The van der Waals surface area contributed by atoms with E-state index < -0.39 is 5.92 Å². The highest BCUT2D eigenvalue weighted by Gasteiger charge is 2.35. The van der Waals surface area contributed by atoms with Crippen molar-refractivity contribution >= 4 is 39.1 Å². The largest absolute Gasteiger partial charge is 0.326 e. The van der Waals surface area contributed by atoms with E-state index in [1.165, 1.54) is 17.0 Å². The van der Waals surface area contributed by atoms with Gasteiger partial charge < -0.3 is 10.2 Å². The van der Waals surface area contributed by atoms with E-state index in [0.29, 0.717) is 12.2 Å². The molecule has 4 nitrogen and oxygen atoms in total. The number of carbonyl (C=O) groups excluding carboxylic acids is 2. The van der Waals surface area contributed by atoms with Gasteiger partial charge in [-0.25, -0.2) is 4.39 Å². The molecule has 0 unspecified atom stereocenters. The smallest absolute Gasteiger partial charge is 0.229 e. The molecule has 2 amide bonds. The Labute approximate surface area is 154 Å². The standard InChI is InChI=1S/C19H18BrFN2O2/c1-11-12(2)17(8-7-16(11)20)22-19(25)13-9-18(24)23(10-13)15-5-3-14(21)4-6-15/h3-8,13H,9-10H2,1-2H3,(H,22,25)/t13-/m1/s1. The third-order valence-corrected chi connectivity index (χ3v) is 5.47. The number of carbonyl (C=O) groups is 2. The molecular weight excluding hydrogens is 387 g/mol. The van der Waals surface area contributed by atoms with Crippen molar-refractivity contribution in [1.82, 2.24) is 0 Å². The zero-order valence-electron chi connectivity index (χ0n) is 14.0. The molecule has 3 rings (SSSR count). The van der Waals surface area contributed by atoms with Crippen LogP contribution in [0, 0.1) is 25.6 Å². The summed E-state index contributed by atoms with van der Waals surface area (Å²) >= 11 is 3.47. The number of benzene rings is 2. The van der Waals surface area contributed by atoms with Gasteiger partial charge in [-0.15, -0.1) is 0 Å². The van der Waals surface area contributed by atoms with E-state index in [1.54, 1.807) is 12.1 Å². The molecule has 2 aromatic carbocycles. The molecule has 2 aromatic rings. The maximum atomic E-state index is 13.0. The van der Waals surface area contributed by atoms with Crippen LogP contribution < -0.4 is 10.2 Å². The van der Waals surface area contributed by atoms with Gasteiger partial charge in [-0.2, -0.15) is 0 Å². The first-order chi connectivity index (χ1) is 11.9. The Morgan fingerprint density at radius 3 is 2.52 bits per heavy atom. The first kappa shape index (κ1) is 17.6. The van der Waals surface area contributed by atoms with Gasteiger partial charge in [0.05, 0.1) is 5.92 Å². The average Bonchev–Trinajstić information content (AvgIpc) is 2.98. The van der Waals surface area contributed by atoms with Crippen LogP contribution in [0.15, 0.2) is 40.9 Å². The first-order valence-corrected chi connectivity index (χ1v) is 8.78. The highest BCUT2D eigenvalue weighted by Crippen LogP contribution is 2.29. The van der Waals surface area contributed by atoms with Crippen LogP contribution in [0.1, 0.15) is 17.5 Å². The molecule has 1 heterocycles. The summed E-state index contributed by atoms with van der Waals surface area (Å²) in [7, 11) is 0. The van der Waals surface area contributed by atoms with Crippen LogP contribution in [0.2, 0.25) is 0 Å². The topological polar surface area (TPSA) is 49.4 Å². The number of nitrogens with zero attached hydrogens (tertiary/aromatic N) is 1. The first-order valence-electron chi connectivity index (χ1n) is 7.99. The zero-order chi connectivity index (χ0) is 18.1. The summed E-state index contributed by atoms with van der Waals surface area (Å²) in [5.74, 6) is -1.09. The summed E-state index contributed by atoms with van der Waals surface area (Å²) in [4.78, 5) is 26.3. The molecule has 1 atom stereocenters. The predicted octanol–water partition coefficient (Wildman–Crippen LogP) is 4.20. The Morgan fingerprint density at radius 2 is 1.84 bits per heavy atom. The van der Waals surface area contributed by atoms with E-state index in [1.807, 2.05) is 26.0 Å². The van der Waals surface area contributed by atoms with E-state index >= 15 is 0 Å². The Bertz CT molecular complexity index is 836. The monoisotopic (exact) mass is 404 g/mol. The minimum Gasteiger partial charge on any atom is -0.326 e. The van der Waals surface area contributed by atoms with Gasteiger partial charge in [0, 0.05) is 28.8 Å². The van der Waals surface area contributed by atoms with Gasteiger partial charge in [0.15, 0.2) is 0 Å². The lowest BCUT2D eigenvalue weighted by Crippen LogP contribution is -2.28. The molecule has 0 aliphatic carbocycles. The number of hydrogen-bond acceptors (Lipinski definition) is 2. The number of amides is 2. The van der Waals surface area contributed by atoms with Crippen LogP contribution >= 0.6 is 15.9 Å². The van der Waals surface area contributed by atoms with Crippen molar-refractivity contribution in [3.05, 3.63) is 57.8 Å². The summed E-state index contributed by atoms with van der Waals surface area (Å²) in [5.41, 5.74) is 3.41. The molecule has 6 heteroatoms. The summed E-state index contributed by atoms with van der Waals surface area (Å²) in [5, 5.41) is 2.92. The maximum absolute atomic E-state index is 13.0. The lowest BCUT2D eigenvalue weighted by Gasteiger charge is -2.17. The summed E-state index contributed by atoms with van der Waals surface area (Å²) in [6, 6.07) is 9.46. The second-order valence-corrected chi connectivity index (χ2v) is 7.07. The SMILES string of the molecule is Cc1c(Br)ccc(NC(=O)[C@@H]2CC(=O)N(c3ccc(F)cc3)C2)c1C. The van der Waals surface area contributed by atoms with Crippen LogP contribution in [0.5, 0.6) is 0 Å². The van der Waals surface area contributed by atoms with E-state index in [2.05, 4.69) is 21.2 Å². The van der Waals surface area contributed by atoms with Gasteiger partial charge >= 0.3 is 0 Å². The van der Waals surface area contributed by atoms with E-state index in [0.717, 1.165) is 21.3 Å². The zero-order valence-corrected chi connectivity index (χ0v) is 15.6. The fourth-order valence-electron chi connectivity index (χ4n) is 2.91. The van der Waals surface area contributed by atoms with Crippen molar-refractivity contribution in [2.75, 3.05) is 16.8 Å². The fourth-order valence-corrected chi connectivity index (χ4v) is 3.34. The highest BCUT2D eigenvalue weighted by molar-refractivity contribution is 9.10. The Kier molecular flexibility index (Phi) is 4.90. The minimum absolute atomic E-state index is 0.129. The van der Waals surface area contributed by atoms with Crippen LogP contribution in [0.3, 0.4) is 0 Å². The molecule has 0 bridgehead atoms. The van der Waals surface area contributed by atoms with E-state index in [4.69, 9.17) is 0 Å². The van der Waals surface area contributed by atoms with Crippen LogP contribution in [-0.2, 0) is 9.59 Å². The number of rotatable bonds is 3. The Morgan fingerprint density at radius 1 is 1.16 bits per heavy atom. The third kappa shape index (κ3) is 3.58. The van der Waals surface area contributed by atoms with Gasteiger partial charge in [-0.3, -0.25) is 9.59 Å². The van der Waals surface area contributed by atoms with Crippen LogP contribution in [0.4, 0.5) is 15.8 Å². The van der Waals surface area contributed by atoms with Crippen LogP contribution in [-0.4, -0.2) is 18.4 Å². The van der Waals surface area contributed by atoms with E-state index in [9.17, 15) is 14.0 Å². The highest BCUT2D eigenvalue weighted by atomic mass is 79.9. The van der Waals surface area contributed by atoms with Crippen molar-refractivity contribution in [2.45, 2.75) is 20.3 Å². The van der Waals surface area contributed by atoms with Gasteiger partial charge in [0.1, 0.15) is 5.82 Å². The summed E-state index contributed by atoms with van der Waals surface area (Å²) < 4.78 is 14.0. The molecule has 1 aliphatic heterocycles. The lowest BCUT2D eigenvalue weighted by molar-refractivity contribution is -0.122. The molecule has 1 fully saturated rings. The number of hydrogen-bond donors (Lipinski definition) is 1. The fraction of sp³-hybridized carbons (Fsp3) is 0.263. The maximum Gasteiger partial charge on any atom is 0.229 e.